The molecule has 0 spiro atoms. The Bertz CT molecular complexity index is 1100. The van der Waals surface area contributed by atoms with Gasteiger partial charge in [0.05, 0.1) is 13.7 Å². The lowest BCUT2D eigenvalue weighted by molar-refractivity contribution is -0.136. The minimum atomic E-state index is -2.08. The number of hydrogen-bond donors (Lipinski definition) is 1. The molecule has 7 heteroatoms. The first kappa shape index (κ1) is 36.9. The monoisotopic (exact) mass is 602 g/mol. The van der Waals surface area contributed by atoms with E-state index in [0.29, 0.717) is 18.4 Å². The van der Waals surface area contributed by atoms with Gasteiger partial charge in [0.15, 0.2) is 0 Å². The lowest BCUT2D eigenvalue weighted by Crippen LogP contribution is -2.44. The number of rotatable bonds is 14. The molecule has 5 nitrogen and oxygen atoms in total. The zero-order chi connectivity index (χ0) is 31.6. The van der Waals surface area contributed by atoms with E-state index >= 15 is 0 Å². The van der Waals surface area contributed by atoms with Gasteiger partial charge in [0, 0.05) is 11.1 Å². The highest BCUT2D eigenvalue weighted by molar-refractivity contribution is 6.75. The Morgan fingerprint density at radius 2 is 1.37 bits per heavy atom. The maximum absolute atomic E-state index is 12.7. The van der Waals surface area contributed by atoms with E-state index < -0.39 is 16.6 Å². The number of allylic oxidation sites excluding steroid dienone is 4. The van der Waals surface area contributed by atoms with Crippen LogP contribution in [0.5, 0.6) is 11.5 Å². The third-order valence-corrected chi connectivity index (χ3v) is 17.3. The summed E-state index contributed by atoms with van der Waals surface area (Å²) in [6.07, 6.45) is 10.0. The number of aliphatic hydroxyl groups is 1. The summed E-state index contributed by atoms with van der Waals surface area (Å²) in [6.45, 7) is 26.6. The van der Waals surface area contributed by atoms with Crippen molar-refractivity contribution in [1.29, 1.82) is 0 Å². The van der Waals surface area contributed by atoms with E-state index in [1.165, 1.54) is 12.7 Å². The average Bonchev–Trinajstić information content (AvgIpc) is 2.85. The van der Waals surface area contributed by atoms with E-state index in [9.17, 15) is 9.90 Å². The summed E-state index contributed by atoms with van der Waals surface area (Å²) in [5.41, 5.74) is 3.95. The van der Waals surface area contributed by atoms with Crippen LogP contribution in [0.1, 0.15) is 86.6 Å². The van der Waals surface area contributed by atoms with E-state index in [2.05, 4.69) is 92.9 Å². The second kappa shape index (κ2) is 15.4. The summed E-state index contributed by atoms with van der Waals surface area (Å²) in [5.74, 6) is 1.42. The quantitative estimate of drug-likeness (QED) is 0.0994. The van der Waals surface area contributed by atoms with Gasteiger partial charge in [-0.05, 0) is 100 Å². The van der Waals surface area contributed by atoms with Crippen molar-refractivity contribution in [2.45, 2.75) is 124 Å². The third-order valence-electron chi connectivity index (χ3n) is 8.59. The summed E-state index contributed by atoms with van der Waals surface area (Å²) in [7, 11) is -2.67. The lowest BCUT2D eigenvalue weighted by atomic mass is 10.0. The van der Waals surface area contributed by atoms with Gasteiger partial charge in [0.2, 0.25) is 16.6 Å². The van der Waals surface area contributed by atoms with Gasteiger partial charge >= 0.3 is 5.97 Å². The molecule has 0 aliphatic carbocycles. The van der Waals surface area contributed by atoms with Crippen molar-refractivity contribution < 1.29 is 23.5 Å². The second-order valence-electron chi connectivity index (χ2n) is 14.3. The van der Waals surface area contributed by atoms with Gasteiger partial charge in [0.1, 0.15) is 11.5 Å². The predicted molar refractivity (Wildman–Crippen MR) is 179 cm³/mol. The molecule has 1 N–H and O–H groups in total. The topological polar surface area (TPSA) is 65.0 Å². The molecule has 0 amide bonds. The molecule has 0 saturated heterocycles. The molecular weight excluding hydrogens is 545 g/mol. The van der Waals surface area contributed by atoms with Gasteiger partial charge in [-0.2, -0.15) is 0 Å². The van der Waals surface area contributed by atoms with Crippen molar-refractivity contribution in [2.24, 2.45) is 0 Å². The highest BCUT2D eigenvalue weighted by atomic mass is 28.4. The fraction of sp³-hybridized carbons (Fsp3) is 0.618. The summed E-state index contributed by atoms with van der Waals surface area (Å²) in [6, 6.07) is 6.17. The number of carbonyl (C=O) groups excluding carboxylic acids is 1. The van der Waals surface area contributed by atoms with Crippen LogP contribution < -0.4 is 8.85 Å². The van der Waals surface area contributed by atoms with Crippen molar-refractivity contribution in [3.8, 4) is 11.5 Å². The Morgan fingerprint density at radius 1 is 0.829 bits per heavy atom. The Labute approximate surface area is 253 Å². The number of carbonyl (C=O) groups is 1. The Morgan fingerprint density at radius 3 is 1.90 bits per heavy atom. The highest BCUT2D eigenvalue weighted by Gasteiger charge is 2.40. The fourth-order valence-electron chi connectivity index (χ4n) is 3.59. The summed E-state index contributed by atoms with van der Waals surface area (Å²) in [4.78, 5) is 12.7. The smallest absolute Gasteiger partial charge is 0.333 e. The standard InChI is InChI=1S/C34H58O5Si2/c1-26(16-14-18-27(2)25-35)17-15-19-28(32(36)37-9)20-21-29-24-30(38-40(10,11)33(3,4)5)22-23-31(29)39-41(12,13)34(6,7)8/h17-18,20,22-24,35H,14-16,19,21,25H2,1-13H3. The number of hydrogen-bond acceptors (Lipinski definition) is 5. The van der Waals surface area contributed by atoms with Crippen LogP contribution >= 0.6 is 0 Å². The van der Waals surface area contributed by atoms with Crippen molar-refractivity contribution >= 4 is 22.6 Å². The maximum atomic E-state index is 12.7. The zero-order valence-corrected chi connectivity index (χ0v) is 30.3. The predicted octanol–water partition coefficient (Wildman–Crippen LogP) is 9.54. The van der Waals surface area contributed by atoms with Crippen LogP contribution in [0.2, 0.25) is 36.3 Å². The van der Waals surface area contributed by atoms with Crippen molar-refractivity contribution in [3.63, 3.8) is 0 Å². The molecule has 0 fully saturated rings. The van der Waals surface area contributed by atoms with Crippen LogP contribution in [0, 0.1) is 0 Å². The van der Waals surface area contributed by atoms with Crippen LogP contribution in [-0.2, 0) is 16.0 Å². The van der Waals surface area contributed by atoms with Crippen LogP contribution in [0.25, 0.3) is 0 Å². The molecule has 0 unspecified atom stereocenters. The van der Waals surface area contributed by atoms with Gasteiger partial charge in [-0.3, -0.25) is 0 Å². The fourth-order valence-corrected chi connectivity index (χ4v) is 5.67. The van der Waals surface area contributed by atoms with Crippen molar-refractivity contribution in [1.82, 2.24) is 0 Å². The second-order valence-corrected chi connectivity index (χ2v) is 23.7. The van der Waals surface area contributed by atoms with Crippen LogP contribution in [0.4, 0.5) is 0 Å². The summed E-state index contributed by atoms with van der Waals surface area (Å²) < 4.78 is 18.5. The molecule has 41 heavy (non-hydrogen) atoms. The highest BCUT2D eigenvalue weighted by Crippen LogP contribution is 2.41. The largest absolute Gasteiger partial charge is 0.543 e. The normalized spacial score (nSPS) is 14.2. The SMILES string of the molecule is COC(=O)C(=CCc1cc(O[Si](C)(C)C(C)(C)C)ccc1O[Si](C)(C)C(C)(C)C)CCC=C(C)CCC=C(C)CO. The Hall–Kier alpha value is -2.10. The first-order valence-electron chi connectivity index (χ1n) is 14.9. The van der Waals surface area contributed by atoms with Crippen LogP contribution in [-0.4, -0.2) is 41.4 Å². The molecule has 0 bridgehead atoms. The van der Waals surface area contributed by atoms with Gasteiger partial charge in [-0.25, -0.2) is 4.79 Å². The molecule has 1 aromatic carbocycles. The minimum absolute atomic E-state index is 0.0599. The van der Waals surface area contributed by atoms with Crippen molar-refractivity contribution in [3.05, 3.63) is 58.7 Å². The van der Waals surface area contributed by atoms with Crippen molar-refractivity contribution in [2.75, 3.05) is 13.7 Å². The molecule has 0 radical (unpaired) electrons. The van der Waals surface area contributed by atoms with Gasteiger partial charge in [-0.1, -0.05) is 70.9 Å². The molecule has 0 atom stereocenters. The molecular formula is C34H58O5Si2. The molecule has 0 heterocycles. The molecule has 0 saturated carbocycles. The number of benzene rings is 1. The molecule has 0 aromatic heterocycles. The number of aliphatic hydroxyl groups excluding tert-OH is 1. The van der Waals surface area contributed by atoms with Gasteiger partial charge in [-0.15, -0.1) is 0 Å². The Balaban J connectivity index is 3.31. The number of methoxy groups -OCH3 is 1. The van der Waals surface area contributed by atoms with Gasteiger partial charge in [0.25, 0.3) is 0 Å². The molecule has 1 aromatic rings. The first-order chi connectivity index (χ1) is 18.7. The molecule has 0 aliphatic heterocycles. The van der Waals surface area contributed by atoms with E-state index in [-0.39, 0.29) is 22.7 Å². The number of ether oxygens (including phenoxy) is 1. The van der Waals surface area contributed by atoms with Crippen LogP contribution in [0.3, 0.4) is 0 Å². The summed E-state index contributed by atoms with van der Waals surface area (Å²) >= 11 is 0. The van der Waals surface area contributed by atoms with E-state index in [0.717, 1.165) is 41.9 Å². The first-order valence-corrected chi connectivity index (χ1v) is 20.8. The lowest BCUT2D eigenvalue weighted by Gasteiger charge is -2.38. The molecule has 0 aliphatic rings. The zero-order valence-electron chi connectivity index (χ0n) is 28.3. The van der Waals surface area contributed by atoms with Gasteiger partial charge < -0.3 is 18.7 Å². The summed E-state index contributed by atoms with van der Waals surface area (Å²) in [5, 5.41) is 9.32. The van der Waals surface area contributed by atoms with E-state index in [1.54, 1.807) is 0 Å². The Kier molecular flexibility index (Phi) is 13.9. The van der Waals surface area contributed by atoms with E-state index in [1.807, 2.05) is 25.1 Å². The molecule has 1 rings (SSSR count). The third kappa shape index (κ3) is 12.0. The molecule has 232 valence electrons. The number of esters is 1. The van der Waals surface area contributed by atoms with Crippen LogP contribution in [0.15, 0.2) is 53.1 Å². The maximum Gasteiger partial charge on any atom is 0.333 e. The average molecular weight is 603 g/mol. The minimum Gasteiger partial charge on any atom is -0.543 e. The van der Waals surface area contributed by atoms with E-state index in [4.69, 9.17) is 13.6 Å².